The highest BCUT2D eigenvalue weighted by atomic mass is 16.5. The molecule has 0 radical (unpaired) electrons. The van der Waals surface area contributed by atoms with Crippen LogP contribution in [0, 0.1) is 50.7 Å². The van der Waals surface area contributed by atoms with E-state index in [1.165, 1.54) is 44.9 Å². The highest BCUT2D eigenvalue weighted by Crippen LogP contribution is 2.70. The van der Waals surface area contributed by atoms with Crippen LogP contribution in [0.15, 0.2) is 11.6 Å². The van der Waals surface area contributed by atoms with Crippen molar-refractivity contribution in [2.75, 3.05) is 13.7 Å². The zero-order valence-electron chi connectivity index (χ0n) is 23.1. The Morgan fingerprint density at radius 1 is 0.853 bits per heavy atom. The largest absolute Gasteiger partial charge is 0.396 e. The molecule has 194 valence electrons. The molecule has 0 saturated heterocycles. The van der Waals surface area contributed by atoms with Crippen LogP contribution in [0.25, 0.3) is 0 Å². The van der Waals surface area contributed by atoms with Gasteiger partial charge in [-0.05, 0) is 110 Å². The number of hydrogen-bond acceptors (Lipinski definition) is 3. The molecule has 3 heteroatoms. The van der Waals surface area contributed by atoms with Crippen LogP contribution in [0.5, 0.6) is 0 Å². The molecule has 0 spiro atoms. The lowest BCUT2D eigenvalue weighted by Gasteiger charge is -2.64. The number of rotatable bonds is 2. The molecule has 5 rings (SSSR count). The normalized spacial score (nSPS) is 54.6. The Hall–Kier alpha value is -0.380. The summed E-state index contributed by atoms with van der Waals surface area (Å²) in [5.41, 5.74) is 2.56. The Kier molecular flexibility index (Phi) is 5.99. The monoisotopic (exact) mass is 472 g/mol. The standard InChI is InChI=1S/C31H52O3/c1-27(2)22-12-15-28(3)18-20-8-10-24-29(4,16-13-25(33)31(24,6)19-32)21(20)9-11-23(28)30(22,5)17-14-26(27)34-7/h8,21-26,32-33H,9-19H2,1-7H3. The molecule has 4 saturated carbocycles. The van der Waals surface area contributed by atoms with E-state index in [0.717, 1.165) is 31.1 Å². The molecule has 0 aromatic carbocycles. The van der Waals surface area contributed by atoms with Gasteiger partial charge in [-0.3, -0.25) is 0 Å². The number of hydrogen-bond donors (Lipinski definition) is 2. The van der Waals surface area contributed by atoms with E-state index in [-0.39, 0.29) is 29.0 Å². The average molecular weight is 473 g/mol. The lowest BCUT2D eigenvalue weighted by atomic mass is 9.42. The smallest absolute Gasteiger partial charge is 0.0625 e. The summed E-state index contributed by atoms with van der Waals surface area (Å²) in [6, 6.07) is 0. The summed E-state index contributed by atoms with van der Waals surface area (Å²) >= 11 is 0. The first kappa shape index (κ1) is 25.3. The van der Waals surface area contributed by atoms with Crippen molar-refractivity contribution < 1.29 is 14.9 Å². The Morgan fingerprint density at radius 2 is 1.56 bits per heavy atom. The minimum atomic E-state index is -0.380. The van der Waals surface area contributed by atoms with Gasteiger partial charge in [0.15, 0.2) is 0 Å². The summed E-state index contributed by atoms with van der Waals surface area (Å²) < 4.78 is 6.02. The SMILES string of the molecule is COC1CCC2(C)C3CCC4C(=CCC5C(C)(CO)C(O)CCC45C)CC3(C)CCC2C1(C)C. The number of allylic oxidation sites excluding steroid dienone is 2. The topological polar surface area (TPSA) is 49.7 Å². The molecule has 34 heavy (non-hydrogen) atoms. The van der Waals surface area contributed by atoms with Gasteiger partial charge in [0.05, 0.1) is 18.8 Å². The Labute approximate surface area is 209 Å². The van der Waals surface area contributed by atoms with E-state index in [9.17, 15) is 10.2 Å². The summed E-state index contributed by atoms with van der Waals surface area (Å²) in [6.45, 7) is 15.0. The summed E-state index contributed by atoms with van der Waals surface area (Å²) in [7, 11) is 1.92. The molecular formula is C31H52O3. The fourth-order valence-corrected chi connectivity index (χ4v) is 11.4. The van der Waals surface area contributed by atoms with E-state index in [1.54, 1.807) is 5.57 Å². The van der Waals surface area contributed by atoms with Gasteiger partial charge in [0.2, 0.25) is 0 Å². The van der Waals surface area contributed by atoms with E-state index in [2.05, 4.69) is 47.6 Å². The lowest BCUT2D eigenvalue weighted by Crippen LogP contribution is -2.58. The molecular weight excluding hydrogens is 420 g/mol. The molecule has 5 aliphatic carbocycles. The van der Waals surface area contributed by atoms with Gasteiger partial charge in [-0.15, -0.1) is 0 Å². The zero-order valence-corrected chi connectivity index (χ0v) is 23.1. The second kappa shape index (κ2) is 8.06. The Morgan fingerprint density at radius 3 is 2.24 bits per heavy atom. The molecule has 0 aromatic heterocycles. The van der Waals surface area contributed by atoms with Crippen molar-refractivity contribution in [3.05, 3.63) is 11.6 Å². The van der Waals surface area contributed by atoms with Gasteiger partial charge in [-0.1, -0.05) is 53.2 Å². The maximum atomic E-state index is 10.9. The fourth-order valence-electron chi connectivity index (χ4n) is 11.4. The quantitative estimate of drug-likeness (QED) is 0.436. The number of aliphatic hydroxyl groups is 2. The number of ether oxygens (including phenoxy) is 1. The third kappa shape index (κ3) is 3.24. The molecule has 0 aromatic rings. The maximum absolute atomic E-state index is 10.9. The van der Waals surface area contributed by atoms with Crippen LogP contribution >= 0.6 is 0 Å². The summed E-state index contributed by atoms with van der Waals surface area (Å²) in [4.78, 5) is 0. The van der Waals surface area contributed by atoms with Gasteiger partial charge in [0.25, 0.3) is 0 Å². The van der Waals surface area contributed by atoms with Crippen LogP contribution < -0.4 is 0 Å². The van der Waals surface area contributed by atoms with Crippen LogP contribution in [-0.4, -0.2) is 36.1 Å². The molecule has 0 aliphatic heterocycles. The van der Waals surface area contributed by atoms with E-state index < -0.39 is 0 Å². The minimum Gasteiger partial charge on any atom is -0.396 e. The molecule has 5 aliphatic rings. The van der Waals surface area contributed by atoms with E-state index >= 15 is 0 Å². The van der Waals surface area contributed by atoms with Crippen LogP contribution in [0.1, 0.15) is 106 Å². The van der Waals surface area contributed by atoms with Crippen molar-refractivity contribution >= 4 is 0 Å². The predicted octanol–water partition coefficient (Wildman–Crippen LogP) is 6.77. The van der Waals surface area contributed by atoms with E-state index in [1.807, 2.05) is 7.11 Å². The third-order valence-corrected chi connectivity index (χ3v) is 13.3. The molecule has 10 atom stereocenters. The van der Waals surface area contributed by atoms with Crippen LogP contribution in [-0.2, 0) is 4.74 Å². The molecule has 0 amide bonds. The van der Waals surface area contributed by atoms with Crippen molar-refractivity contribution in [3.63, 3.8) is 0 Å². The van der Waals surface area contributed by atoms with E-state index in [4.69, 9.17) is 4.74 Å². The van der Waals surface area contributed by atoms with Gasteiger partial charge in [-0.2, -0.15) is 0 Å². The lowest BCUT2D eigenvalue weighted by molar-refractivity contribution is -0.178. The van der Waals surface area contributed by atoms with Gasteiger partial charge in [0, 0.05) is 12.5 Å². The first-order chi connectivity index (χ1) is 15.9. The van der Waals surface area contributed by atoms with Crippen molar-refractivity contribution in [1.29, 1.82) is 0 Å². The van der Waals surface area contributed by atoms with Crippen LogP contribution in [0.3, 0.4) is 0 Å². The van der Waals surface area contributed by atoms with Gasteiger partial charge in [-0.25, -0.2) is 0 Å². The second-order valence-corrected chi connectivity index (χ2v) is 15.0. The van der Waals surface area contributed by atoms with Gasteiger partial charge < -0.3 is 14.9 Å². The number of fused-ring (bicyclic) bond motifs is 6. The van der Waals surface area contributed by atoms with Crippen LogP contribution in [0.4, 0.5) is 0 Å². The first-order valence-corrected chi connectivity index (χ1v) is 14.4. The molecule has 0 bridgehead atoms. The third-order valence-electron chi connectivity index (χ3n) is 13.3. The predicted molar refractivity (Wildman–Crippen MR) is 138 cm³/mol. The highest BCUT2D eigenvalue weighted by Gasteiger charge is 2.63. The summed E-state index contributed by atoms with van der Waals surface area (Å²) in [6.07, 6.45) is 14.6. The van der Waals surface area contributed by atoms with Gasteiger partial charge >= 0.3 is 0 Å². The summed E-state index contributed by atoms with van der Waals surface area (Å²) in [5, 5.41) is 21.3. The molecule has 4 fully saturated rings. The minimum absolute atomic E-state index is 0.0974. The highest BCUT2D eigenvalue weighted by molar-refractivity contribution is 5.25. The first-order valence-electron chi connectivity index (χ1n) is 14.4. The molecule has 10 unspecified atom stereocenters. The Bertz CT molecular complexity index is 833. The van der Waals surface area contributed by atoms with Crippen molar-refractivity contribution in [2.24, 2.45) is 50.7 Å². The molecule has 3 nitrogen and oxygen atoms in total. The number of methoxy groups -OCH3 is 1. The van der Waals surface area contributed by atoms with Crippen molar-refractivity contribution in [2.45, 2.75) is 118 Å². The molecule has 0 heterocycles. The summed E-state index contributed by atoms with van der Waals surface area (Å²) in [5.74, 6) is 2.48. The van der Waals surface area contributed by atoms with Crippen molar-refractivity contribution in [3.8, 4) is 0 Å². The fraction of sp³-hybridized carbons (Fsp3) is 0.935. The molecule has 2 N–H and O–H groups in total. The van der Waals surface area contributed by atoms with Gasteiger partial charge in [0.1, 0.15) is 0 Å². The van der Waals surface area contributed by atoms with Crippen LogP contribution in [0.2, 0.25) is 0 Å². The number of aliphatic hydroxyl groups excluding tert-OH is 2. The zero-order chi connectivity index (χ0) is 24.7. The van der Waals surface area contributed by atoms with Crippen molar-refractivity contribution in [1.82, 2.24) is 0 Å². The Balaban J connectivity index is 1.49. The second-order valence-electron chi connectivity index (χ2n) is 15.0. The van der Waals surface area contributed by atoms with E-state index in [0.29, 0.717) is 28.8 Å². The maximum Gasteiger partial charge on any atom is 0.0625 e. The average Bonchev–Trinajstić information content (AvgIpc) is 2.93.